The highest BCUT2D eigenvalue weighted by Gasteiger charge is 1.94. The van der Waals surface area contributed by atoms with Gasteiger partial charge in [-0.15, -0.1) is 0 Å². The predicted octanol–water partition coefficient (Wildman–Crippen LogP) is 1.49. The van der Waals surface area contributed by atoms with Gasteiger partial charge in [0.1, 0.15) is 12.0 Å². The summed E-state index contributed by atoms with van der Waals surface area (Å²) in [6.45, 7) is 0. The molecule has 2 aromatic heterocycles. The normalized spacial score (nSPS) is 10.5. The molecule has 4 heteroatoms. The van der Waals surface area contributed by atoms with Crippen LogP contribution in [0, 0.1) is 0 Å². The second kappa shape index (κ2) is 2.05. The second-order valence-corrected chi connectivity index (χ2v) is 2.59. The third-order valence-corrected chi connectivity index (χ3v) is 1.87. The fraction of sp³-hybridized carbons (Fsp3) is 0. The van der Waals surface area contributed by atoms with E-state index in [0.717, 1.165) is 10.4 Å². The fourth-order valence-corrected chi connectivity index (χ4v) is 1.22. The molecule has 0 saturated heterocycles. The number of fused-ring (bicyclic) bond motifs is 1. The first kappa shape index (κ1) is 5.85. The fourth-order valence-electron chi connectivity index (χ4n) is 0.831. The number of hydrogen-bond acceptors (Lipinski definition) is 2. The van der Waals surface area contributed by atoms with Crippen molar-refractivity contribution in [2.24, 2.45) is 0 Å². The zero-order valence-corrected chi connectivity index (χ0v) is 6.62. The van der Waals surface area contributed by atoms with Crippen LogP contribution in [0.25, 0.3) is 5.65 Å². The Morgan fingerprint density at radius 1 is 1.40 bits per heavy atom. The minimum atomic E-state index is 0.780. The molecule has 10 heavy (non-hydrogen) atoms. The molecule has 0 atom stereocenters. The molecule has 0 unspecified atom stereocenters. The van der Waals surface area contributed by atoms with Gasteiger partial charge in [-0.1, -0.05) is 0 Å². The molecule has 2 heterocycles. The van der Waals surface area contributed by atoms with Crippen molar-refractivity contribution in [3.63, 3.8) is 0 Å². The summed E-state index contributed by atoms with van der Waals surface area (Å²) in [5.41, 5.74) is 0.905. The summed E-state index contributed by atoms with van der Waals surface area (Å²) in [7, 11) is 0. The molecule has 0 aliphatic heterocycles. The van der Waals surface area contributed by atoms with Gasteiger partial charge in [0.15, 0.2) is 4.73 Å². The molecule has 2 rings (SSSR count). The van der Waals surface area contributed by atoms with E-state index in [-0.39, 0.29) is 0 Å². The van der Waals surface area contributed by atoms with Gasteiger partial charge in [0.05, 0.1) is 0 Å². The molecule has 0 amide bonds. The maximum atomic E-state index is 4.02. The van der Waals surface area contributed by atoms with Crippen LogP contribution in [-0.2, 0) is 0 Å². The highest BCUT2D eigenvalue weighted by molar-refractivity contribution is 9.10. The van der Waals surface area contributed by atoms with E-state index in [4.69, 9.17) is 0 Å². The first-order valence-corrected chi connectivity index (χ1v) is 3.61. The second-order valence-electron chi connectivity index (χ2n) is 1.88. The van der Waals surface area contributed by atoms with Gasteiger partial charge < -0.3 is 0 Å². The Labute approximate surface area is 65.9 Å². The molecule has 0 aliphatic rings. The van der Waals surface area contributed by atoms with Gasteiger partial charge in [0.25, 0.3) is 0 Å². The third kappa shape index (κ3) is 0.724. The summed E-state index contributed by atoms with van der Waals surface area (Å²) in [4.78, 5) is 7.97. The maximum absolute atomic E-state index is 4.02. The van der Waals surface area contributed by atoms with Crippen molar-refractivity contribution >= 4 is 21.6 Å². The average Bonchev–Trinajstić information content (AvgIpc) is 2.36. The van der Waals surface area contributed by atoms with Crippen molar-refractivity contribution in [2.75, 3.05) is 0 Å². The van der Waals surface area contributed by atoms with Crippen molar-refractivity contribution in [1.82, 2.24) is 14.4 Å². The Balaban J connectivity index is 2.95. The largest absolute Gasteiger partial charge is 0.280 e. The van der Waals surface area contributed by atoms with E-state index in [1.54, 1.807) is 0 Å². The van der Waals surface area contributed by atoms with Crippen LogP contribution in [0.15, 0.2) is 29.4 Å². The summed E-state index contributed by atoms with van der Waals surface area (Å²) in [6.07, 6.45) is 3.43. The summed E-state index contributed by atoms with van der Waals surface area (Å²) < 4.78 is 2.64. The molecule has 0 aromatic carbocycles. The highest BCUT2D eigenvalue weighted by Crippen LogP contribution is 2.07. The van der Waals surface area contributed by atoms with Crippen molar-refractivity contribution < 1.29 is 0 Å². The van der Waals surface area contributed by atoms with Gasteiger partial charge in [0.2, 0.25) is 0 Å². The lowest BCUT2D eigenvalue weighted by atomic mass is 10.6. The van der Waals surface area contributed by atoms with Gasteiger partial charge in [-0.3, -0.25) is 4.40 Å². The van der Waals surface area contributed by atoms with Crippen molar-refractivity contribution in [2.45, 2.75) is 0 Å². The molecule has 0 spiro atoms. The zero-order chi connectivity index (χ0) is 6.97. The van der Waals surface area contributed by atoms with Crippen molar-refractivity contribution in [1.29, 1.82) is 0 Å². The van der Waals surface area contributed by atoms with Gasteiger partial charge in [0, 0.05) is 6.20 Å². The van der Waals surface area contributed by atoms with E-state index < -0.39 is 0 Å². The SMILES string of the molecule is Brc1ncnc2cccn12. The van der Waals surface area contributed by atoms with E-state index in [2.05, 4.69) is 25.9 Å². The molecule has 50 valence electrons. The first-order chi connectivity index (χ1) is 4.88. The average molecular weight is 198 g/mol. The quantitative estimate of drug-likeness (QED) is 0.641. The van der Waals surface area contributed by atoms with Crippen molar-refractivity contribution in [3.8, 4) is 0 Å². The number of rotatable bonds is 0. The van der Waals surface area contributed by atoms with E-state index in [1.165, 1.54) is 6.33 Å². The lowest BCUT2D eigenvalue weighted by Gasteiger charge is -1.93. The maximum Gasteiger partial charge on any atom is 0.184 e. The first-order valence-electron chi connectivity index (χ1n) is 2.81. The van der Waals surface area contributed by atoms with E-state index in [0.29, 0.717) is 0 Å². The number of halogens is 1. The van der Waals surface area contributed by atoms with Gasteiger partial charge in [-0.05, 0) is 28.1 Å². The van der Waals surface area contributed by atoms with Gasteiger partial charge >= 0.3 is 0 Å². The minimum Gasteiger partial charge on any atom is -0.280 e. The lowest BCUT2D eigenvalue weighted by molar-refractivity contribution is 0.982. The number of aromatic nitrogens is 3. The minimum absolute atomic E-state index is 0.780. The molecule has 0 N–H and O–H groups in total. The Hall–Kier alpha value is -0.900. The lowest BCUT2D eigenvalue weighted by Crippen LogP contribution is -1.90. The monoisotopic (exact) mass is 197 g/mol. The Bertz CT molecular complexity index is 355. The Kier molecular flexibility index (Phi) is 1.20. The van der Waals surface area contributed by atoms with Crippen LogP contribution in [0.1, 0.15) is 0 Å². The summed E-state index contributed by atoms with van der Waals surface area (Å²) in [5, 5.41) is 0. The van der Waals surface area contributed by atoms with Crippen LogP contribution in [0.3, 0.4) is 0 Å². The van der Waals surface area contributed by atoms with E-state index in [9.17, 15) is 0 Å². The number of nitrogens with zero attached hydrogens (tertiary/aromatic N) is 3. The summed E-state index contributed by atoms with van der Waals surface area (Å²) >= 11 is 3.29. The standard InChI is InChI=1S/C6H4BrN3/c7-6-9-4-8-5-2-1-3-10(5)6/h1-4H. The summed E-state index contributed by atoms with van der Waals surface area (Å²) in [5.74, 6) is 0. The summed E-state index contributed by atoms with van der Waals surface area (Å²) in [6, 6.07) is 3.85. The molecule has 2 aromatic rings. The van der Waals surface area contributed by atoms with E-state index in [1.807, 2.05) is 22.7 Å². The zero-order valence-electron chi connectivity index (χ0n) is 5.03. The van der Waals surface area contributed by atoms with Crippen LogP contribution in [0.2, 0.25) is 0 Å². The highest BCUT2D eigenvalue weighted by atomic mass is 79.9. The molecular weight excluding hydrogens is 194 g/mol. The smallest absolute Gasteiger partial charge is 0.184 e. The van der Waals surface area contributed by atoms with Gasteiger partial charge in [-0.2, -0.15) is 0 Å². The van der Waals surface area contributed by atoms with Crippen LogP contribution in [0.4, 0.5) is 0 Å². The van der Waals surface area contributed by atoms with E-state index >= 15 is 0 Å². The molecule has 0 aliphatic carbocycles. The van der Waals surface area contributed by atoms with Crippen LogP contribution >= 0.6 is 15.9 Å². The molecule has 3 nitrogen and oxygen atoms in total. The molecule has 0 bridgehead atoms. The number of hydrogen-bond donors (Lipinski definition) is 0. The van der Waals surface area contributed by atoms with Crippen LogP contribution in [-0.4, -0.2) is 14.4 Å². The van der Waals surface area contributed by atoms with Gasteiger partial charge in [-0.25, -0.2) is 9.97 Å². The van der Waals surface area contributed by atoms with Crippen molar-refractivity contribution in [3.05, 3.63) is 29.4 Å². The Morgan fingerprint density at radius 3 is 3.10 bits per heavy atom. The Morgan fingerprint density at radius 2 is 2.30 bits per heavy atom. The van der Waals surface area contributed by atoms with Crippen LogP contribution < -0.4 is 0 Å². The predicted molar refractivity (Wildman–Crippen MR) is 40.7 cm³/mol. The molecule has 0 radical (unpaired) electrons. The molecule has 0 fully saturated rings. The molecule has 0 saturated carbocycles. The molecular formula is C6H4BrN3. The van der Waals surface area contributed by atoms with Crippen LogP contribution in [0.5, 0.6) is 0 Å². The third-order valence-electron chi connectivity index (χ3n) is 1.28. The topological polar surface area (TPSA) is 30.2 Å².